The lowest BCUT2D eigenvalue weighted by Crippen LogP contribution is -2.50. The van der Waals surface area contributed by atoms with Crippen molar-refractivity contribution in [3.63, 3.8) is 0 Å². The number of nitrogens with zero attached hydrogens (tertiary/aromatic N) is 3. The van der Waals surface area contributed by atoms with Crippen LogP contribution < -0.4 is 20.7 Å². The van der Waals surface area contributed by atoms with E-state index in [1.165, 1.54) is 11.8 Å². The number of hydrogen-bond acceptors (Lipinski definition) is 7. The van der Waals surface area contributed by atoms with Gasteiger partial charge in [0.1, 0.15) is 12.0 Å². The number of primary amides is 1. The minimum Gasteiger partial charge on any atom is -0.491 e. The third kappa shape index (κ3) is 5.85. The summed E-state index contributed by atoms with van der Waals surface area (Å²) in [5, 5.41) is 6.34. The van der Waals surface area contributed by atoms with Crippen molar-refractivity contribution in [3.8, 4) is 5.75 Å². The van der Waals surface area contributed by atoms with E-state index in [1.807, 2.05) is 6.07 Å². The molecule has 0 bridgehead atoms. The van der Waals surface area contributed by atoms with E-state index in [1.54, 1.807) is 42.5 Å². The third-order valence-corrected chi connectivity index (χ3v) is 7.30. The van der Waals surface area contributed by atoms with Crippen LogP contribution in [0.4, 0.5) is 18.9 Å². The number of hydrogen-bond donors (Lipinski definition) is 2. The van der Waals surface area contributed by atoms with Gasteiger partial charge in [0.25, 0.3) is 5.91 Å². The van der Waals surface area contributed by atoms with Crippen molar-refractivity contribution in [2.24, 2.45) is 16.6 Å². The molecule has 0 radical (unpaired) electrons. The third-order valence-electron chi connectivity index (χ3n) is 7.30. The Kier molecular flexibility index (Phi) is 8.01. The van der Waals surface area contributed by atoms with Gasteiger partial charge < -0.3 is 25.2 Å². The quantitative estimate of drug-likeness (QED) is 0.415. The average molecular weight is 584 g/mol. The highest BCUT2D eigenvalue weighted by atomic mass is 19.4. The lowest BCUT2D eigenvalue weighted by atomic mass is 9.82. The number of para-hydroxylation sites is 1. The number of ether oxygens (including phenoxy) is 1. The molecule has 3 aromatic rings. The van der Waals surface area contributed by atoms with Crippen LogP contribution in [0.15, 0.2) is 64.3 Å². The number of aryl methyl sites for hydroxylation is 1. The van der Waals surface area contributed by atoms with Crippen LogP contribution in [0.25, 0.3) is 0 Å². The first kappa shape index (κ1) is 28.8. The van der Waals surface area contributed by atoms with Crippen LogP contribution in [0.1, 0.15) is 47.6 Å². The Morgan fingerprint density at radius 3 is 2.60 bits per heavy atom. The van der Waals surface area contributed by atoms with Gasteiger partial charge in [0.2, 0.25) is 18.0 Å². The standard InChI is InChI=1S/C29H28F3N5O5/c1-16-20(15-42-36-16)22(18(25(33)38)11-12-29(30,31)32)27(39)35-26-28(40)37-13-6-14-41-21-10-5-9-19(24(21)37)23(34-26)17-7-3-2-4-8-17/h2-5,7-10,15,18,22,26H,6,11-14H2,1H3,(H2,33,38)(H,35,39)/t18-,22-,26-/m1/s1. The second-order valence-electron chi connectivity index (χ2n) is 10.1. The molecule has 3 heterocycles. The highest BCUT2D eigenvalue weighted by Gasteiger charge is 2.42. The number of halogens is 3. The summed E-state index contributed by atoms with van der Waals surface area (Å²) in [6, 6.07) is 14.4. The summed E-state index contributed by atoms with van der Waals surface area (Å²) in [5.41, 5.74) is 7.99. The molecule has 220 valence electrons. The van der Waals surface area contributed by atoms with E-state index in [9.17, 15) is 27.6 Å². The predicted molar refractivity (Wildman–Crippen MR) is 145 cm³/mol. The van der Waals surface area contributed by atoms with Crippen LogP contribution in [-0.2, 0) is 14.4 Å². The Morgan fingerprint density at radius 1 is 1.17 bits per heavy atom. The van der Waals surface area contributed by atoms with Crippen LogP contribution >= 0.6 is 0 Å². The molecular weight excluding hydrogens is 555 g/mol. The Labute approximate surface area is 238 Å². The molecular formula is C29H28F3N5O5. The molecule has 5 rings (SSSR count). The highest BCUT2D eigenvalue weighted by molar-refractivity contribution is 6.21. The highest BCUT2D eigenvalue weighted by Crippen LogP contribution is 2.39. The van der Waals surface area contributed by atoms with Crippen molar-refractivity contribution in [2.75, 3.05) is 18.1 Å². The van der Waals surface area contributed by atoms with Crippen molar-refractivity contribution in [1.82, 2.24) is 10.5 Å². The van der Waals surface area contributed by atoms with E-state index in [0.717, 1.165) is 6.26 Å². The fourth-order valence-electron chi connectivity index (χ4n) is 5.32. The van der Waals surface area contributed by atoms with Gasteiger partial charge in [-0.2, -0.15) is 13.2 Å². The van der Waals surface area contributed by atoms with Gasteiger partial charge in [-0.3, -0.25) is 14.4 Å². The summed E-state index contributed by atoms with van der Waals surface area (Å²) in [7, 11) is 0. The Hall–Kier alpha value is -4.68. The van der Waals surface area contributed by atoms with Gasteiger partial charge in [-0.25, -0.2) is 4.99 Å². The first-order chi connectivity index (χ1) is 20.0. The van der Waals surface area contributed by atoms with Crippen LogP contribution in [-0.4, -0.2) is 54.1 Å². The van der Waals surface area contributed by atoms with Gasteiger partial charge in [0, 0.05) is 29.7 Å². The van der Waals surface area contributed by atoms with E-state index in [2.05, 4.69) is 15.5 Å². The summed E-state index contributed by atoms with van der Waals surface area (Å²) in [6.07, 6.45) is -6.58. The number of aliphatic imine (C=N–C) groups is 1. The molecule has 2 aliphatic heterocycles. The largest absolute Gasteiger partial charge is 0.491 e. The maximum Gasteiger partial charge on any atom is 0.389 e. The SMILES string of the molecule is Cc1nocc1[C@H](C(=O)N[C@H]1N=C(c2ccccc2)c2cccc3c2N(CCCO3)C1=O)[C@@H](CCC(F)(F)F)C(N)=O. The zero-order chi connectivity index (χ0) is 30.0. The molecule has 2 aromatic carbocycles. The Bertz CT molecular complexity index is 1520. The van der Waals surface area contributed by atoms with Gasteiger partial charge in [-0.15, -0.1) is 0 Å². The van der Waals surface area contributed by atoms with E-state index in [0.29, 0.717) is 41.3 Å². The predicted octanol–water partition coefficient (Wildman–Crippen LogP) is 3.62. The number of rotatable bonds is 8. The number of carbonyl (C=O) groups is 3. The molecule has 0 unspecified atom stereocenters. The number of nitrogens with one attached hydrogen (secondary N) is 1. The van der Waals surface area contributed by atoms with Crippen LogP contribution in [0.3, 0.4) is 0 Å². The maximum atomic E-state index is 14.0. The van der Waals surface area contributed by atoms with Crippen molar-refractivity contribution in [1.29, 1.82) is 0 Å². The second-order valence-corrected chi connectivity index (χ2v) is 10.1. The monoisotopic (exact) mass is 583 g/mol. The zero-order valence-corrected chi connectivity index (χ0v) is 22.6. The molecule has 10 nitrogen and oxygen atoms in total. The van der Waals surface area contributed by atoms with Gasteiger partial charge in [0.05, 0.1) is 35.5 Å². The summed E-state index contributed by atoms with van der Waals surface area (Å²) in [6.45, 7) is 2.12. The average Bonchev–Trinajstić information content (AvgIpc) is 3.18. The molecule has 42 heavy (non-hydrogen) atoms. The van der Waals surface area contributed by atoms with Gasteiger partial charge >= 0.3 is 6.18 Å². The number of aromatic nitrogens is 1. The van der Waals surface area contributed by atoms with Crippen molar-refractivity contribution in [3.05, 3.63) is 77.2 Å². The smallest absolute Gasteiger partial charge is 0.389 e. The Balaban J connectivity index is 1.58. The van der Waals surface area contributed by atoms with Gasteiger partial charge in [0.15, 0.2) is 0 Å². The minimum absolute atomic E-state index is 0.0838. The molecule has 3 N–H and O–H groups in total. The molecule has 0 fully saturated rings. The molecule has 2 aliphatic rings. The van der Waals surface area contributed by atoms with Crippen molar-refractivity contribution < 1.29 is 36.8 Å². The van der Waals surface area contributed by atoms with Crippen LogP contribution in [0, 0.1) is 12.8 Å². The lowest BCUT2D eigenvalue weighted by Gasteiger charge is -2.27. The molecule has 0 spiro atoms. The van der Waals surface area contributed by atoms with E-state index < -0.39 is 54.7 Å². The lowest BCUT2D eigenvalue weighted by molar-refractivity contribution is -0.143. The number of benzene rings is 2. The number of carbonyl (C=O) groups excluding carboxylic acids is 3. The fraction of sp³-hybridized carbons (Fsp3) is 0.345. The first-order valence-electron chi connectivity index (χ1n) is 13.3. The summed E-state index contributed by atoms with van der Waals surface area (Å²) < 4.78 is 50.3. The molecule has 0 saturated heterocycles. The molecule has 3 atom stereocenters. The second kappa shape index (κ2) is 11.7. The number of nitrogens with two attached hydrogens (primary N) is 1. The molecule has 1 aromatic heterocycles. The summed E-state index contributed by atoms with van der Waals surface area (Å²) in [5.74, 6) is -5.21. The van der Waals surface area contributed by atoms with Crippen LogP contribution in [0.2, 0.25) is 0 Å². The van der Waals surface area contributed by atoms with E-state index in [-0.39, 0.29) is 17.8 Å². The maximum absolute atomic E-state index is 14.0. The number of amides is 3. The van der Waals surface area contributed by atoms with Crippen molar-refractivity contribution in [2.45, 2.75) is 44.4 Å². The molecule has 13 heteroatoms. The fourth-order valence-corrected chi connectivity index (χ4v) is 5.32. The number of alkyl halides is 3. The van der Waals surface area contributed by atoms with Gasteiger partial charge in [-0.05, 0) is 25.8 Å². The minimum atomic E-state index is -4.59. The summed E-state index contributed by atoms with van der Waals surface area (Å²) in [4.78, 5) is 46.6. The zero-order valence-electron chi connectivity index (χ0n) is 22.6. The van der Waals surface area contributed by atoms with E-state index >= 15 is 0 Å². The van der Waals surface area contributed by atoms with E-state index in [4.69, 9.17) is 15.0 Å². The summed E-state index contributed by atoms with van der Waals surface area (Å²) >= 11 is 0. The molecule has 0 aliphatic carbocycles. The molecule has 3 amide bonds. The van der Waals surface area contributed by atoms with Crippen LogP contribution in [0.5, 0.6) is 5.75 Å². The Morgan fingerprint density at radius 2 is 1.93 bits per heavy atom. The number of anilines is 1. The first-order valence-corrected chi connectivity index (χ1v) is 13.3. The normalized spacial score (nSPS) is 18.1. The van der Waals surface area contributed by atoms with Gasteiger partial charge in [-0.1, -0.05) is 47.6 Å². The molecule has 0 saturated carbocycles. The van der Waals surface area contributed by atoms with Crippen molar-refractivity contribution >= 4 is 29.1 Å². The topological polar surface area (TPSA) is 140 Å².